The van der Waals surface area contributed by atoms with E-state index in [0.29, 0.717) is 5.92 Å². The Hall–Kier alpha value is -1.57. The molecule has 0 aliphatic heterocycles. The van der Waals surface area contributed by atoms with E-state index < -0.39 is 0 Å². The van der Waals surface area contributed by atoms with Crippen LogP contribution < -0.4 is 5.32 Å². The minimum Gasteiger partial charge on any atom is -0.373 e. The second kappa shape index (κ2) is 5.43. The first-order valence-corrected chi connectivity index (χ1v) is 7.49. The molecule has 1 unspecified atom stereocenters. The van der Waals surface area contributed by atoms with Gasteiger partial charge in [-0.15, -0.1) is 0 Å². The van der Waals surface area contributed by atoms with Crippen molar-refractivity contribution in [1.29, 1.82) is 0 Å². The molecular weight excluding hydrogens is 244 g/mol. The highest BCUT2D eigenvalue weighted by Crippen LogP contribution is 2.32. The highest BCUT2D eigenvalue weighted by molar-refractivity contribution is 5.83. The van der Waals surface area contributed by atoms with E-state index in [4.69, 9.17) is 4.98 Å². The molecule has 0 bridgehead atoms. The van der Waals surface area contributed by atoms with Crippen molar-refractivity contribution in [3.63, 3.8) is 0 Å². The third-order valence-corrected chi connectivity index (χ3v) is 4.07. The molecule has 0 aliphatic rings. The predicted molar refractivity (Wildman–Crippen MR) is 88.7 cm³/mol. The molecule has 1 atom stereocenters. The van der Waals surface area contributed by atoms with E-state index >= 15 is 0 Å². The average Bonchev–Trinajstić information content (AvgIpc) is 2.43. The lowest BCUT2D eigenvalue weighted by atomic mass is 9.86. The molecule has 0 amide bonds. The molecule has 1 N–H and O–H groups in total. The molecule has 20 heavy (non-hydrogen) atoms. The number of rotatable bonds is 3. The first-order chi connectivity index (χ1) is 9.36. The standard InChI is InChI=1S/C18H26N2/c1-7-12(2)13-8-9-16-14(10-13)11-15(18(3,4)5)17(19-6)20-16/h8-12H,7H2,1-6H3,(H,19,20). The third-order valence-electron chi connectivity index (χ3n) is 4.07. The molecule has 1 heterocycles. The summed E-state index contributed by atoms with van der Waals surface area (Å²) in [6, 6.07) is 8.94. The topological polar surface area (TPSA) is 24.9 Å². The van der Waals surface area contributed by atoms with Crippen LogP contribution in [0.4, 0.5) is 5.82 Å². The number of anilines is 1. The molecule has 2 nitrogen and oxygen atoms in total. The summed E-state index contributed by atoms with van der Waals surface area (Å²) in [5.41, 5.74) is 3.83. The van der Waals surface area contributed by atoms with Crippen molar-refractivity contribution in [1.82, 2.24) is 4.98 Å². The summed E-state index contributed by atoms with van der Waals surface area (Å²) in [7, 11) is 1.94. The number of hydrogen-bond acceptors (Lipinski definition) is 2. The van der Waals surface area contributed by atoms with Gasteiger partial charge in [-0.05, 0) is 41.5 Å². The Morgan fingerprint density at radius 1 is 1.20 bits per heavy atom. The number of nitrogens with zero attached hydrogens (tertiary/aromatic N) is 1. The Morgan fingerprint density at radius 2 is 1.90 bits per heavy atom. The van der Waals surface area contributed by atoms with Crippen LogP contribution in [-0.2, 0) is 5.41 Å². The van der Waals surface area contributed by atoms with Crippen molar-refractivity contribution in [3.8, 4) is 0 Å². The SMILES string of the molecule is CCC(C)c1ccc2nc(NC)c(C(C)(C)C)cc2c1. The zero-order valence-electron chi connectivity index (χ0n) is 13.5. The molecule has 1 aromatic heterocycles. The smallest absolute Gasteiger partial charge is 0.130 e. The lowest BCUT2D eigenvalue weighted by molar-refractivity contribution is 0.591. The van der Waals surface area contributed by atoms with E-state index in [2.05, 4.69) is 64.2 Å². The molecule has 0 aliphatic carbocycles. The van der Waals surface area contributed by atoms with Crippen LogP contribution in [-0.4, -0.2) is 12.0 Å². The van der Waals surface area contributed by atoms with Gasteiger partial charge in [0.25, 0.3) is 0 Å². The van der Waals surface area contributed by atoms with Crippen LogP contribution in [0.15, 0.2) is 24.3 Å². The molecular formula is C18H26N2. The van der Waals surface area contributed by atoms with E-state index in [1.165, 1.54) is 22.9 Å². The largest absolute Gasteiger partial charge is 0.373 e. The summed E-state index contributed by atoms with van der Waals surface area (Å²) in [4.78, 5) is 4.78. The maximum Gasteiger partial charge on any atom is 0.130 e. The Kier molecular flexibility index (Phi) is 4.03. The van der Waals surface area contributed by atoms with Gasteiger partial charge in [0.1, 0.15) is 5.82 Å². The van der Waals surface area contributed by atoms with Gasteiger partial charge in [0, 0.05) is 18.0 Å². The van der Waals surface area contributed by atoms with E-state index in [-0.39, 0.29) is 5.41 Å². The van der Waals surface area contributed by atoms with Crippen LogP contribution in [0.1, 0.15) is 58.1 Å². The van der Waals surface area contributed by atoms with E-state index in [1.54, 1.807) is 0 Å². The summed E-state index contributed by atoms with van der Waals surface area (Å²) >= 11 is 0. The molecule has 0 spiro atoms. The highest BCUT2D eigenvalue weighted by Gasteiger charge is 2.19. The number of aromatic nitrogens is 1. The molecule has 0 saturated carbocycles. The van der Waals surface area contributed by atoms with Crippen molar-refractivity contribution in [2.24, 2.45) is 0 Å². The number of hydrogen-bond donors (Lipinski definition) is 1. The fourth-order valence-corrected chi connectivity index (χ4v) is 2.50. The lowest BCUT2D eigenvalue weighted by Crippen LogP contribution is -2.15. The molecule has 2 rings (SSSR count). The van der Waals surface area contributed by atoms with Crippen molar-refractivity contribution in [2.75, 3.05) is 12.4 Å². The predicted octanol–water partition coefficient (Wildman–Crippen LogP) is 5.09. The quantitative estimate of drug-likeness (QED) is 0.840. The van der Waals surface area contributed by atoms with Gasteiger partial charge in [-0.1, -0.05) is 40.7 Å². The number of pyridine rings is 1. The molecule has 2 aromatic rings. The van der Waals surface area contributed by atoms with Gasteiger partial charge >= 0.3 is 0 Å². The molecule has 0 fully saturated rings. The first-order valence-electron chi connectivity index (χ1n) is 7.49. The average molecular weight is 270 g/mol. The minimum atomic E-state index is 0.0892. The third kappa shape index (κ3) is 2.79. The van der Waals surface area contributed by atoms with Gasteiger partial charge in [-0.25, -0.2) is 4.98 Å². The second-order valence-corrected chi connectivity index (χ2v) is 6.65. The van der Waals surface area contributed by atoms with E-state index in [0.717, 1.165) is 11.3 Å². The molecule has 108 valence electrons. The number of nitrogens with one attached hydrogen (secondary N) is 1. The molecule has 1 aromatic carbocycles. The van der Waals surface area contributed by atoms with Gasteiger partial charge in [0.15, 0.2) is 0 Å². The minimum absolute atomic E-state index is 0.0892. The fourth-order valence-electron chi connectivity index (χ4n) is 2.50. The van der Waals surface area contributed by atoms with Crippen LogP contribution in [0.2, 0.25) is 0 Å². The van der Waals surface area contributed by atoms with Crippen molar-refractivity contribution < 1.29 is 0 Å². The monoisotopic (exact) mass is 270 g/mol. The lowest BCUT2D eigenvalue weighted by Gasteiger charge is -2.23. The summed E-state index contributed by atoms with van der Waals surface area (Å²) in [6.45, 7) is 11.2. The van der Waals surface area contributed by atoms with Crippen molar-refractivity contribution in [2.45, 2.75) is 52.4 Å². The second-order valence-electron chi connectivity index (χ2n) is 6.65. The fraction of sp³-hybridized carbons (Fsp3) is 0.500. The highest BCUT2D eigenvalue weighted by atomic mass is 15.0. The maximum absolute atomic E-state index is 4.78. The number of benzene rings is 1. The van der Waals surface area contributed by atoms with E-state index in [9.17, 15) is 0 Å². The van der Waals surface area contributed by atoms with E-state index in [1.807, 2.05) is 7.05 Å². The van der Waals surface area contributed by atoms with Gasteiger partial charge < -0.3 is 5.32 Å². The first kappa shape index (κ1) is 14.8. The Morgan fingerprint density at radius 3 is 2.45 bits per heavy atom. The summed E-state index contributed by atoms with van der Waals surface area (Å²) in [6.07, 6.45) is 1.17. The van der Waals surface area contributed by atoms with Crippen LogP contribution in [0.5, 0.6) is 0 Å². The van der Waals surface area contributed by atoms with Crippen LogP contribution in [0, 0.1) is 0 Å². The van der Waals surface area contributed by atoms with Gasteiger partial charge in [-0.2, -0.15) is 0 Å². The van der Waals surface area contributed by atoms with Crippen molar-refractivity contribution >= 4 is 16.7 Å². The Bertz CT molecular complexity index is 609. The summed E-state index contributed by atoms with van der Waals surface area (Å²) < 4.78 is 0. The Labute approximate surface area is 122 Å². The Balaban J connectivity index is 2.64. The molecule has 0 saturated heterocycles. The zero-order chi connectivity index (χ0) is 14.9. The summed E-state index contributed by atoms with van der Waals surface area (Å²) in [5, 5.41) is 4.47. The maximum atomic E-state index is 4.78. The van der Waals surface area contributed by atoms with Gasteiger partial charge in [0.2, 0.25) is 0 Å². The number of fused-ring (bicyclic) bond motifs is 1. The summed E-state index contributed by atoms with van der Waals surface area (Å²) in [5.74, 6) is 1.59. The molecule has 0 radical (unpaired) electrons. The normalized spacial score (nSPS) is 13.5. The van der Waals surface area contributed by atoms with Crippen molar-refractivity contribution in [3.05, 3.63) is 35.4 Å². The van der Waals surface area contributed by atoms with Crippen LogP contribution in [0.3, 0.4) is 0 Å². The van der Waals surface area contributed by atoms with Crippen LogP contribution >= 0.6 is 0 Å². The zero-order valence-corrected chi connectivity index (χ0v) is 13.5. The van der Waals surface area contributed by atoms with Crippen LogP contribution in [0.25, 0.3) is 10.9 Å². The van der Waals surface area contributed by atoms with Gasteiger partial charge in [-0.3, -0.25) is 0 Å². The van der Waals surface area contributed by atoms with Gasteiger partial charge in [0.05, 0.1) is 5.52 Å². The molecule has 2 heteroatoms.